The van der Waals surface area contributed by atoms with E-state index in [-0.39, 0.29) is 5.91 Å². The van der Waals surface area contributed by atoms with Crippen LogP contribution < -0.4 is 19.1 Å². The fraction of sp³-hybridized carbons (Fsp3) is 0.290. The minimum Gasteiger partial charge on any atom is -0.494 e. The molecule has 2 heterocycles. The molecule has 0 aromatic heterocycles. The molecule has 2 aliphatic heterocycles. The Morgan fingerprint density at radius 3 is 2.14 bits per heavy atom. The summed E-state index contributed by atoms with van der Waals surface area (Å²) >= 11 is 6.81. The van der Waals surface area contributed by atoms with Gasteiger partial charge in [-0.25, -0.2) is 8.42 Å². The first-order chi connectivity index (χ1) is 20.6. The fourth-order valence-corrected chi connectivity index (χ4v) is 6.52. The molecule has 3 aromatic rings. The highest BCUT2D eigenvalue weighted by Crippen LogP contribution is 2.37. The summed E-state index contributed by atoms with van der Waals surface area (Å²) in [4.78, 5) is 20.2. The topological polar surface area (TPSA) is 91.4 Å². The Balaban J connectivity index is 1.13. The Morgan fingerprint density at radius 1 is 0.907 bits per heavy atom. The maximum Gasteiger partial charge on any atom is 0.270 e. The van der Waals surface area contributed by atoms with E-state index in [4.69, 9.17) is 21.7 Å². The highest BCUT2D eigenvalue weighted by atomic mass is 32.2. The Hall–Kier alpha value is -3.42. The maximum absolute atomic E-state index is 13.3. The molecular formula is C31H34N4O5S3. The third-order valence-corrected chi connectivity index (χ3v) is 8.85. The first-order valence-electron chi connectivity index (χ1n) is 13.9. The maximum atomic E-state index is 13.3. The minimum absolute atomic E-state index is 0.168. The standard InChI is InChI=1S/C31H34N4O5S3/c1-33-17-19-34(20-18-33)16-3-21-39-26-14-8-25(9-15-26)35-30(36)29(42-31(35)41)22-23-4-10-27(11-5-23)40-28-12-6-24(7-13-28)32-43(2,37)38/h4-15,22,32H,3,16-21H2,1-2H3. The molecule has 1 amide bonds. The Bertz CT molecular complexity index is 1570. The zero-order chi connectivity index (χ0) is 30.4. The quantitative estimate of drug-likeness (QED) is 0.171. The predicted molar refractivity (Wildman–Crippen MR) is 178 cm³/mol. The van der Waals surface area contributed by atoms with Crippen molar-refractivity contribution >= 4 is 61.7 Å². The summed E-state index contributed by atoms with van der Waals surface area (Å²) in [6.45, 7) is 6.12. The zero-order valence-electron chi connectivity index (χ0n) is 24.1. The van der Waals surface area contributed by atoms with Crippen molar-refractivity contribution in [2.75, 3.05) is 62.3 Å². The van der Waals surface area contributed by atoms with Crippen molar-refractivity contribution in [2.45, 2.75) is 6.42 Å². The minimum atomic E-state index is -3.34. The highest BCUT2D eigenvalue weighted by Gasteiger charge is 2.33. The second-order valence-corrected chi connectivity index (χ2v) is 13.9. The third-order valence-electron chi connectivity index (χ3n) is 6.94. The van der Waals surface area contributed by atoms with Gasteiger partial charge in [0.15, 0.2) is 4.32 Å². The van der Waals surface area contributed by atoms with Gasteiger partial charge in [0.25, 0.3) is 5.91 Å². The summed E-state index contributed by atoms with van der Waals surface area (Å²) in [6, 6.07) is 21.4. The van der Waals surface area contributed by atoms with Crippen LogP contribution in [-0.2, 0) is 14.8 Å². The van der Waals surface area contributed by atoms with E-state index >= 15 is 0 Å². The van der Waals surface area contributed by atoms with Gasteiger partial charge in [0.2, 0.25) is 10.0 Å². The Kier molecular flexibility index (Phi) is 10.0. The fourth-order valence-electron chi connectivity index (χ4n) is 4.66. The van der Waals surface area contributed by atoms with Crippen molar-refractivity contribution in [3.05, 3.63) is 83.3 Å². The lowest BCUT2D eigenvalue weighted by Gasteiger charge is -2.32. The number of thiocarbonyl (C=S) groups is 1. The summed E-state index contributed by atoms with van der Waals surface area (Å²) in [7, 11) is -1.18. The first kappa shape index (κ1) is 31.0. The molecule has 0 spiro atoms. The monoisotopic (exact) mass is 638 g/mol. The summed E-state index contributed by atoms with van der Waals surface area (Å²) < 4.78 is 37.4. The summed E-state index contributed by atoms with van der Waals surface area (Å²) in [6.07, 6.45) is 3.88. The number of thioether (sulfide) groups is 1. The van der Waals surface area contributed by atoms with Crippen molar-refractivity contribution in [1.29, 1.82) is 0 Å². The molecule has 9 nitrogen and oxygen atoms in total. The van der Waals surface area contributed by atoms with Crippen molar-refractivity contribution in [2.24, 2.45) is 0 Å². The van der Waals surface area contributed by atoms with Gasteiger partial charge in [0.05, 0.1) is 23.5 Å². The average Bonchev–Trinajstić information content (AvgIpc) is 3.25. The predicted octanol–water partition coefficient (Wildman–Crippen LogP) is 5.27. The molecule has 226 valence electrons. The van der Waals surface area contributed by atoms with Crippen molar-refractivity contribution in [3.8, 4) is 17.2 Å². The molecule has 12 heteroatoms. The van der Waals surface area contributed by atoms with E-state index in [1.807, 2.05) is 42.5 Å². The number of carbonyl (C=O) groups excluding carboxylic acids is 1. The van der Waals surface area contributed by atoms with Crippen molar-refractivity contribution < 1.29 is 22.7 Å². The van der Waals surface area contributed by atoms with Gasteiger partial charge in [0, 0.05) is 38.4 Å². The van der Waals surface area contributed by atoms with E-state index in [1.165, 1.54) is 11.8 Å². The number of benzene rings is 3. The first-order valence-corrected chi connectivity index (χ1v) is 17.0. The summed E-state index contributed by atoms with van der Waals surface area (Å²) in [5, 5.41) is 0. The summed E-state index contributed by atoms with van der Waals surface area (Å²) in [5.74, 6) is 1.77. The van der Waals surface area contributed by atoms with Crippen LogP contribution in [0.3, 0.4) is 0 Å². The Morgan fingerprint density at radius 2 is 1.51 bits per heavy atom. The van der Waals surface area contributed by atoms with Gasteiger partial charge in [-0.2, -0.15) is 0 Å². The highest BCUT2D eigenvalue weighted by molar-refractivity contribution is 8.27. The molecule has 2 aliphatic rings. The number of nitrogens with one attached hydrogen (secondary N) is 1. The molecule has 43 heavy (non-hydrogen) atoms. The molecule has 0 radical (unpaired) electrons. The second kappa shape index (κ2) is 13.9. The number of amides is 1. The molecule has 0 atom stereocenters. The van der Waals surface area contributed by atoms with Crippen molar-refractivity contribution in [1.82, 2.24) is 9.80 Å². The van der Waals surface area contributed by atoms with Gasteiger partial charge in [-0.1, -0.05) is 36.1 Å². The number of likely N-dealkylation sites (N-methyl/N-ethyl adjacent to an activating group) is 1. The van der Waals surface area contributed by atoms with E-state index in [2.05, 4.69) is 21.6 Å². The lowest BCUT2D eigenvalue weighted by atomic mass is 10.2. The van der Waals surface area contributed by atoms with Gasteiger partial charge >= 0.3 is 0 Å². The van der Waals surface area contributed by atoms with E-state index in [0.29, 0.717) is 38.7 Å². The molecule has 0 bridgehead atoms. The number of anilines is 2. The lowest BCUT2D eigenvalue weighted by Crippen LogP contribution is -2.44. The zero-order valence-corrected chi connectivity index (χ0v) is 26.5. The van der Waals surface area contributed by atoms with Crippen LogP contribution in [0, 0.1) is 0 Å². The van der Waals surface area contributed by atoms with Crippen LogP contribution in [0.2, 0.25) is 0 Å². The van der Waals surface area contributed by atoms with Crippen LogP contribution in [0.5, 0.6) is 17.2 Å². The molecule has 0 saturated carbocycles. The van der Waals surface area contributed by atoms with Gasteiger partial charge in [-0.3, -0.25) is 14.4 Å². The van der Waals surface area contributed by atoms with Crippen LogP contribution >= 0.6 is 24.0 Å². The van der Waals surface area contributed by atoms with E-state index < -0.39 is 10.0 Å². The van der Waals surface area contributed by atoms with Crippen LogP contribution in [-0.4, -0.2) is 81.1 Å². The average molecular weight is 639 g/mol. The lowest BCUT2D eigenvalue weighted by molar-refractivity contribution is -0.113. The summed E-state index contributed by atoms with van der Waals surface area (Å²) in [5.41, 5.74) is 2.00. The molecule has 5 rings (SSSR count). The normalized spacial score (nSPS) is 17.4. The molecule has 2 fully saturated rings. The van der Waals surface area contributed by atoms with Gasteiger partial charge in [0.1, 0.15) is 17.2 Å². The molecule has 3 aromatic carbocycles. The molecule has 0 aliphatic carbocycles. The van der Waals surface area contributed by atoms with E-state index in [0.717, 1.165) is 56.7 Å². The number of hydrogen-bond acceptors (Lipinski definition) is 9. The molecular weight excluding hydrogens is 605 g/mol. The SMILES string of the molecule is CN1CCN(CCCOc2ccc(N3C(=O)C(=Cc4ccc(Oc5ccc(NS(C)(=O)=O)cc5)cc4)SC3=S)cc2)CC1. The van der Waals surface area contributed by atoms with Crippen molar-refractivity contribution in [3.63, 3.8) is 0 Å². The molecule has 0 unspecified atom stereocenters. The molecule has 2 saturated heterocycles. The number of nitrogens with zero attached hydrogens (tertiary/aromatic N) is 3. The van der Waals surface area contributed by atoms with E-state index in [9.17, 15) is 13.2 Å². The third kappa shape index (κ3) is 8.80. The van der Waals surface area contributed by atoms with Crippen LogP contribution in [0.1, 0.15) is 12.0 Å². The number of carbonyl (C=O) groups is 1. The number of rotatable bonds is 11. The van der Waals surface area contributed by atoms with Crippen LogP contribution in [0.4, 0.5) is 11.4 Å². The van der Waals surface area contributed by atoms with Gasteiger partial charge in [-0.05, 0) is 85.8 Å². The van der Waals surface area contributed by atoms with Crippen LogP contribution in [0.25, 0.3) is 6.08 Å². The smallest absolute Gasteiger partial charge is 0.270 e. The number of sulfonamides is 1. The number of hydrogen-bond donors (Lipinski definition) is 1. The number of piperazine rings is 1. The van der Waals surface area contributed by atoms with Gasteiger partial charge in [-0.15, -0.1) is 0 Å². The largest absolute Gasteiger partial charge is 0.494 e. The second-order valence-electron chi connectivity index (χ2n) is 10.4. The van der Waals surface area contributed by atoms with Gasteiger partial charge < -0.3 is 19.3 Å². The van der Waals surface area contributed by atoms with E-state index in [1.54, 1.807) is 41.3 Å². The molecule has 1 N–H and O–H groups in total. The number of ether oxygens (including phenoxy) is 2. The van der Waals surface area contributed by atoms with Crippen LogP contribution in [0.15, 0.2) is 77.7 Å². The Labute approximate surface area is 262 Å².